The third kappa shape index (κ3) is 3.32. The Morgan fingerprint density at radius 3 is 2.46 bits per heavy atom. The number of hydrogen-bond acceptors (Lipinski definition) is 7. The Labute approximate surface area is 157 Å². The molecular weight excluding hydrogens is 370 g/mol. The molecule has 3 aromatic heterocycles. The van der Waals surface area contributed by atoms with Crippen LogP contribution in [0.5, 0.6) is 0 Å². The Bertz CT molecular complexity index is 1060. The number of aryl methyl sites for hydroxylation is 2. The summed E-state index contributed by atoms with van der Waals surface area (Å²) in [5.74, 6) is -1.32. The normalized spacial score (nSPS) is 10.7. The standard InChI is InChI=1S/C15H17N9O4/c1-4-23-13(15(26)19-9-5-17-22(3)8(9)2)10(6-18-23)20-14(25)12-11(24(27)28)7-16-21-12/h5-7H,4H2,1-3H3,(H,16,21)(H,19,26)(H,20,25). The number of aromatic nitrogens is 6. The molecule has 13 heteroatoms. The van der Waals surface area contributed by atoms with Crippen LogP contribution in [0.3, 0.4) is 0 Å². The number of nitrogens with one attached hydrogen (secondary N) is 3. The van der Waals surface area contributed by atoms with Gasteiger partial charge in [-0.1, -0.05) is 0 Å². The number of anilines is 2. The summed E-state index contributed by atoms with van der Waals surface area (Å²) in [4.78, 5) is 35.5. The lowest BCUT2D eigenvalue weighted by Crippen LogP contribution is -2.21. The van der Waals surface area contributed by atoms with Crippen molar-refractivity contribution in [3.05, 3.63) is 45.8 Å². The van der Waals surface area contributed by atoms with Crippen molar-refractivity contribution in [2.75, 3.05) is 10.6 Å². The van der Waals surface area contributed by atoms with E-state index in [0.717, 1.165) is 11.9 Å². The summed E-state index contributed by atoms with van der Waals surface area (Å²) >= 11 is 0. The molecule has 0 atom stereocenters. The summed E-state index contributed by atoms with van der Waals surface area (Å²) in [5.41, 5.74) is 0.657. The predicted molar refractivity (Wildman–Crippen MR) is 97.0 cm³/mol. The molecule has 3 heterocycles. The summed E-state index contributed by atoms with van der Waals surface area (Å²) in [5, 5.41) is 30.1. The first-order valence-corrected chi connectivity index (χ1v) is 8.18. The Balaban J connectivity index is 1.89. The molecule has 28 heavy (non-hydrogen) atoms. The molecule has 3 rings (SSSR count). The summed E-state index contributed by atoms with van der Waals surface area (Å²) in [6.07, 6.45) is 3.74. The van der Waals surface area contributed by atoms with E-state index in [1.165, 1.54) is 17.1 Å². The van der Waals surface area contributed by atoms with E-state index in [4.69, 9.17) is 0 Å². The lowest BCUT2D eigenvalue weighted by atomic mass is 10.3. The molecule has 0 fully saturated rings. The zero-order valence-corrected chi connectivity index (χ0v) is 15.3. The second-order valence-corrected chi connectivity index (χ2v) is 5.79. The van der Waals surface area contributed by atoms with Crippen LogP contribution in [0.1, 0.15) is 33.6 Å². The van der Waals surface area contributed by atoms with Crippen LogP contribution in [0.2, 0.25) is 0 Å². The fraction of sp³-hybridized carbons (Fsp3) is 0.267. The number of nitrogens with zero attached hydrogens (tertiary/aromatic N) is 6. The van der Waals surface area contributed by atoms with Gasteiger partial charge in [-0.05, 0) is 13.8 Å². The van der Waals surface area contributed by atoms with E-state index in [0.29, 0.717) is 12.2 Å². The van der Waals surface area contributed by atoms with Crippen molar-refractivity contribution in [1.82, 2.24) is 29.8 Å². The maximum absolute atomic E-state index is 12.8. The number of carbonyl (C=O) groups excluding carboxylic acids is 2. The molecule has 0 spiro atoms. The summed E-state index contributed by atoms with van der Waals surface area (Å²) < 4.78 is 3.00. The van der Waals surface area contributed by atoms with Gasteiger partial charge in [-0.3, -0.25) is 34.2 Å². The Morgan fingerprint density at radius 2 is 1.86 bits per heavy atom. The second kappa shape index (κ2) is 7.30. The molecule has 2 amide bonds. The highest BCUT2D eigenvalue weighted by Crippen LogP contribution is 2.21. The van der Waals surface area contributed by atoms with Gasteiger partial charge in [0.05, 0.1) is 34.4 Å². The molecule has 146 valence electrons. The van der Waals surface area contributed by atoms with Crippen LogP contribution < -0.4 is 10.6 Å². The molecular formula is C15H17N9O4. The van der Waals surface area contributed by atoms with Crippen molar-refractivity contribution >= 4 is 28.9 Å². The van der Waals surface area contributed by atoms with Crippen molar-refractivity contribution in [1.29, 1.82) is 0 Å². The highest BCUT2D eigenvalue weighted by Gasteiger charge is 2.26. The molecule has 0 aliphatic rings. The molecule has 0 aromatic carbocycles. The van der Waals surface area contributed by atoms with Crippen LogP contribution in [0.15, 0.2) is 18.6 Å². The van der Waals surface area contributed by atoms with Crippen LogP contribution in [0.4, 0.5) is 17.1 Å². The smallest absolute Gasteiger partial charge is 0.318 e. The fourth-order valence-corrected chi connectivity index (χ4v) is 2.53. The first-order chi connectivity index (χ1) is 13.3. The van der Waals surface area contributed by atoms with E-state index in [1.807, 2.05) is 0 Å². The van der Waals surface area contributed by atoms with E-state index in [-0.39, 0.29) is 17.1 Å². The van der Waals surface area contributed by atoms with Gasteiger partial charge in [0, 0.05) is 13.6 Å². The topological polar surface area (TPSA) is 166 Å². The lowest BCUT2D eigenvalue weighted by molar-refractivity contribution is -0.385. The number of carbonyl (C=O) groups is 2. The summed E-state index contributed by atoms with van der Waals surface area (Å²) in [6, 6.07) is 0. The Morgan fingerprint density at radius 1 is 1.18 bits per heavy atom. The number of amides is 2. The van der Waals surface area contributed by atoms with Gasteiger partial charge in [0.25, 0.3) is 11.8 Å². The maximum Gasteiger partial charge on any atom is 0.319 e. The molecule has 0 bridgehead atoms. The number of aromatic amines is 1. The van der Waals surface area contributed by atoms with Gasteiger partial charge in [-0.2, -0.15) is 15.3 Å². The first-order valence-electron chi connectivity index (χ1n) is 8.18. The van der Waals surface area contributed by atoms with Crippen molar-refractivity contribution in [3.63, 3.8) is 0 Å². The SMILES string of the molecule is CCn1ncc(NC(=O)c2[nH]ncc2[N+](=O)[O-])c1C(=O)Nc1cnn(C)c1C. The number of nitro groups is 1. The quantitative estimate of drug-likeness (QED) is 0.420. The third-order valence-corrected chi connectivity index (χ3v) is 4.13. The number of hydrogen-bond donors (Lipinski definition) is 3. The van der Waals surface area contributed by atoms with E-state index >= 15 is 0 Å². The Kier molecular flexibility index (Phi) is 4.89. The van der Waals surface area contributed by atoms with Gasteiger partial charge in [-0.15, -0.1) is 0 Å². The van der Waals surface area contributed by atoms with Gasteiger partial charge in [0.1, 0.15) is 11.9 Å². The van der Waals surface area contributed by atoms with Crippen LogP contribution in [0.25, 0.3) is 0 Å². The van der Waals surface area contributed by atoms with Crippen molar-refractivity contribution in [2.24, 2.45) is 7.05 Å². The molecule has 0 radical (unpaired) electrons. The van der Waals surface area contributed by atoms with E-state index in [9.17, 15) is 19.7 Å². The largest absolute Gasteiger partial charge is 0.319 e. The summed E-state index contributed by atoms with van der Waals surface area (Å²) in [6.45, 7) is 3.94. The van der Waals surface area contributed by atoms with E-state index in [2.05, 4.69) is 31.0 Å². The molecule has 3 N–H and O–H groups in total. The highest BCUT2D eigenvalue weighted by molar-refractivity contribution is 6.12. The van der Waals surface area contributed by atoms with Gasteiger partial charge >= 0.3 is 5.69 Å². The van der Waals surface area contributed by atoms with Crippen LogP contribution >= 0.6 is 0 Å². The van der Waals surface area contributed by atoms with Gasteiger partial charge in [-0.25, -0.2) is 0 Å². The average Bonchev–Trinajstić information content (AvgIpc) is 3.36. The molecule has 3 aromatic rings. The number of H-pyrrole nitrogens is 1. The molecule has 0 saturated carbocycles. The van der Waals surface area contributed by atoms with Crippen molar-refractivity contribution in [3.8, 4) is 0 Å². The Hall–Kier alpha value is -4.03. The lowest BCUT2D eigenvalue weighted by Gasteiger charge is -2.09. The summed E-state index contributed by atoms with van der Waals surface area (Å²) in [7, 11) is 1.74. The van der Waals surface area contributed by atoms with Crippen LogP contribution in [-0.2, 0) is 13.6 Å². The predicted octanol–water partition coefficient (Wildman–Crippen LogP) is 1.08. The van der Waals surface area contributed by atoms with Gasteiger partial charge in [0.2, 0.25) is 5.69 Å². The maximum atomic E-state index is 12.8. The molecule has 0 aliphatic carbocycles. The molecule has 0 saturated heterocycles. The fourth-order valence-electron chi connectivity index (χ4n) is 2.53. The third-order valence-electron chi connectivity index (χ3n) is 4.13. The van der Waals surface area contributed by atoms with Crippen molar-refractivity contribution in [2.45, 2.75) is 20.4 Å². The molecule has 0 unspecified atom stereocenters. The second-order valence-electron chi connectivity index (χ2n) is 5.79. The average molecular weight is 387 g/mol. The monoisotopic (exact) mass is 387 g/mol. The van der Waals surface area contributed by atoms with Gasteiger partial charge in [0.15, 0.2) is 0 Å². The van der Waals surface area contributed by atoms with Crippen LogP contribution in [0, 0.1) is 17.0 Å². The zero-order valence-electron chi connectivity index (χ0n) is 15.3. The minimum absolute atomic E-state index is 0.0984. The minimum Gasteiger partial charge on any atom is -0.318 e. The van der Waals surface area contributed by atoms with Gasteiger partial charge < -0.3 is 10.6 Å². The number of rotatable bonds is 6. The van der Waals surface area contributed by atoms with E-state index < -0.39 is 22.4 Å². The van der Waals surface area contributed by atoms with E-state index in [1.54, 1.807) is 25.6 Å². The molecule has 0 aliphatic heterocycles. The first kappa shape index (κ1) is 18.8. The minimum atomic E-state index is -0.813. The van der Waals surface area contributed by atoms with Crippen LogP contribution in [-0.4, -0.2) is 46.5 Å². The molecule has 13 nitrogen and oxygen atoms in total. The zero-order chi connectivity index (χ0) is 20.4. The van der Waals surface area contributed by atoms with Crippen molar-refractivity contribution < 1.29 is 14.5 Å². The highest BCUT2D eigenvalue weighted by atomic mass is 16.6.